The molecule has 0 aliphatic rings. The lowest BCUT2D eigenvalue weighted by atomic mass is 10.1. The Kier molecular flexibility index (Phi) is 4.65. The molecular weight excluding hydrogens is 473 g/mol. The Hall–Kier alpha value is -2.39. The van der Waals surface area contributed by atoms with Gasteiger partial charge in [0.15, 0.2) is 0 Å². The molecule has 0 saturated heterocycles. The number of aromatic nitrogens is 2. The number of halogens is 1. The second kappa shape index (κ2) is 6.97. The fraction of sp³-hybridized carbons (Fsp3) is 0.0500. The largest absolute Gasteiger partial charge is 0.304 e. The minimum Gasteiger partial charge on any atom is -0.304 e. The van der Waals surface area contributed by atoms with E-state index in [1.165, 1.54) is 0 Å². The molecule has 1 N–H and O–H groups in total. The minimum atomic E-state index is -3.64. The Morgan fingerprint density at radius 3 is 2.48 bits per heavy atom. The van der Waals surface area contributed by atoms with E-state index in [-0.39, 0.29) is 4.90 Å². The Balaban J connectivity index is 1.67. The first-order chi connectivity index (χ1) is 12.9. The lowest BCUT2D eigenvalue weighted by molar-refractivity contribution is 0.601. The molecule has 0 atom stereocenters. The summed E-state index contributed by atoms with van der Waals surface area (Å²) < 4.78 is 30.9. The van der Waals surface area contributed by atoms with Gasteiger partial charge < -0.3 is 4.40 Å². The molecule has 5 nitrogen and oxygen atoms in total. The van der Waals surface area contributed by atoms with Gasteiger partial charge >= 0.3 is 0 Å². The molecule has 2 aromatic carbocycles. The van der Waals surface area contributed by atoms with E-state index in [9.17, 15) is 8.42 Å². The number of imidazole rings is 1. The third-order valence-corrected chi connectivity index (χ3v) is 6.35. The van der Waals surface area contributed by atoms with Crippen LogP contribution in [-0.2, 0) is 10.0 Å². The number of aryl methyl sites for hydroxylation is 1. The van der Waals surface area contributed by atoms with Gasteiger partial charge in [-0.15, -0.1) is 0 Å². The molecule has 7 heteroatoms. The monoisotopic (exact) mass is 489 g/mol. The van der Waals surface area contributed by atoms with Crippen molar-refractivity contribution >= 4 is 43.9 Å². The van der Waals surface area contributed by atoms with Crippen molar-refractivity contribution in [2.45, 2.75) is 11.8 Å². The van der Waals surface area contributed by atoms with Crippen LogP contribution in [0.1, 0.15) is 5.69 Å². The SMILES string of the molecule is Cc1cccc2nc(-c3cccc(NS(=O)(=O)c4ccc(I)cc4)c3)cn12. The van der Waals surface area contributed by atoms with Gasteiger partial charge in [0.05, 0.1) is 10.6 Å². The van der Waals surface area contributed by atoms with Gasteiger partial charge in [0.2, 0.25) is 0 Å². The summed E-state index contributed by atoms with van der Waals surface area (Å²) in [5, 5.41) is 0. The molecule has 0 saturated carbocycles. The second-order valence-electron chi connectivity index (χ2n) is 6.16. The van der Waals surface area contributed by atoms with E-state index in [0.717, 1.165) is 26.2 Å². The molecule has 0 unspecified atom stereocenters. The first-order valence-corrected chi connectivity index (χ1v) is 10.8. The average molecular weight is 489 g/mol. The molecular formula is C20H16IN3O2S. The molecule has 0 spiro atoms. The van der Waals surface area contributed by atoms with E-state index in [2.05, 4.69) is 32.3 Å². The Morgan fingerprint density at radius 2 is 1.74 bits per heavy atom. The van der Waals surface area contributed by atoms with Gasteiger partial charge in [0, 0.05) is 26.7 Å². The molecule has 2 aromatic heterocycles. The second-order valence-corrected chi connectivity index (χ2v) is 9.09. The molecule has 0 aliphatic carbocycles. The summed E-state index contributed by atoms with van der Waals surface area (Å²) in [5.41, 5.74) is 4.08. The van der Waals surface area contributed by atoms with Crippen molar-refractivity contribution in [3.05, 3.63) is 82.2 Å². The van der Waals surface area contributed by atoms with Gasteiger partial charge in [-0.05, 0) is 78.0 Å². The van der Waals surface area contributed by atoms with Crippen LogP contribution in [0, 0.1) is 10.5 Å². The van der Waals surface area contributed by atoms with E-state index in [1.807, 2.05) is 47.9 Å². The number of nitrogens with one attached hydrogen (secondary N) is 1. The zero-order chi connectivity index (χ0) is 19.0. The predicted molar refractivity (Wildman–Crippen MR) is 115 cm³/mol. The first kappa shape index (κ1) is 18.0. The maximum Gasteiger partial charge on any atom is 0.261 e. The van der Waals surface area contributed by atoms with Gasteiger partial charge in [-0.25, -0.2) is 13.4 Å². The molecule has 136 valence electrons. The number of benzene rings is 2. The van der Waals surface area contributed by atoms with Crippen LogP contribution in [0.4, 0.5) is 5.69 Å². The van der Waals surface area contributed by atoms with E-state index in [0.29, 0.717) is 5.69 Å². The van der Waals surface area contributed by atoms with Crippen molar-refractivity contribution in [1.82, 2.24) is 9.38 Å². The molecule has 0 radical (unpaired) electrons. The first-order valence-electron chi connectivity index (χ1n) is 8.26. The fourth-order valence-electron chi connectivity index (χ4n) is 2.86. The number of pyridine rings is 1. The number of nitrogens with zero attached hydrogens (tertiary/aromatic N) is 2. The predicted octanol–water partition coefficient (Wildman–Crippen LogP) is 4.72. The smallest absolute Gasteiger partial charge is 0.261 e. The van der Waals surface area contributed by atoms with Crippen LogP contribution in [0.2, 0.25) is 0 Å². The summed E-state index contributed by atoms with van der Waals surface area (Å²) in [4.78, 5) is 4.87. The van der Waals surface area contributed by atoms with Crippen molar-refractivity contribution in [3.63, 3.8) is 0 Å². The lowest BCUT2D eigenvalue weighted by Gasteiger charge is -2.09. The summed E-state index contributed by atoms with van der Waals surface area (Å²) in [5.74, 6) is 0. The highest BCUT2D eigenvalue weighted by Crippen LogP contribution is 2.25. The normalized spacial score (nSPS) is 11.6. The summed E-state index contributed by atoms with van der Waals surface area (Å²) in [6, 6.07) is 19.9. The maximum atomic E-state index is 12.6. The van der Waals surface area contributed by atoms with Gasteiger partial charge in [-0.3, -0.25) is 4.72 Å². The van der Waals surface area contributed by atoms with Crippen LogP contribution in [-0.4, -0.2) is 17.8 Å². The van der Waals surface area contributed by atoms with Crippen LogP contribution in [0.5, 0.6) is 0 Å². The highest BCUT2D eigenvalue weighted by atomic mass is 127. The van der Waals surface area contributed by atoms with Crippen molar-refractivity contribution < 1.29 is 8.42 Å². The minimum absolute atomic E-state index is 0.233. The summed E-state index contributed by atoms with van der Waals surface area (Å²) >= 11 is 2.14. The van der Waals surface area contributed by atoms with Crippen LogP contribution in [0.25, 0.3) is 16.9 Å². The standard InChI is InChI=1S/C20H16IN3O2S/c1-14-4-2-7-20-22-19(13-24(14)20)15-5-3-6-17(12-15)23-27(25,26)18-10-8-16(21)9-11-18/h2-13,23H,1H3. The Labute approximate surface area is 171 Å². The molecule has 0 amide bonds. The topological polar surface area (TPSA) is 63.5 Å². The number of rotatable bonds is 4. The van der Waals surface area contributed by atoms with Crippen LogP contribution in [0.15, 0.2) is 77.8 Å². The molecule has 0 bridgehead atoms. The number of hydrogen-bond acceptors (Lipinski definition) is 3. The Bertz CT molecular complexity index is 1230. The van der Waals surface area contributed by atoms with Crippen LogP contribution >= 0.6 is 22.6 Å². The number of sulfonamides is 1. The number of fused-ring (bicyclic) bond motifs is 1. The zero-order valence-corrected chi connectivity index (χ0v) is 17.4. The zero-order valence-electron chi connectivity index (χ0n) is 14.4. The van der Waals surface area contributed by atoms with Gasteiger partial charge in [0.25, 0.3) is 10.0 Å². The molecule has 2 heterocycles. The highest BCUT2D eigenvalue weighted by molar-refractivity contribution is 14.1. The quantitative estimate of drug-likeness (QED) is 0.423. The van der Waals surface area contributed by atoms with Crippen molar-refractivity contribution in [2.75, 3.05) is 4.72 Å². The summed E-state index contributed by atoms with van der Waals surface area (Å²) in [6.07, 6.45) is 1.96. The van der Waals surface area contributed by atoms with E-state index < -0.39 is 10.0 Å². The third-order valence-electron chi connectivity index (χ3n) is 4.23. The van der Waals surface area contributed by atoms with Gasteiger partial charge in [-0.2, -0.15) is 0 Å². The van der Waals surface area contributed by atoms with Gasteiger partial charge in [0.1, 0.15) is 5.65 Å². The molecule has 4 rings (SSSR count). The lowest BCUT2D eigenvalue weighted by Crippen LogP contribution is -2.12. The fourth-order valence-corrected chi connectivity index (χ4v) is 4.27. The summed E-state index contributed by atoms with van der Waals surface area (Å²) in [6.45, 7) is 2.02. The van der Waals surface area contributed by atoms with Crippen molar-refractivity contribution in [2.24, 2.45) is 0 Å². The van der Waals surface area contributed by atoms with E-state index in [1.54, 1.807) is 36.4 Å². The van der Waals surface area contributed by atoms with Crippen LogP contribution in [0.3, 0.4) is 0 Å². The van der Waals surface area contributed by atoms with Crippen molar-refractivity contribution in [3.8, 4) is 11.3 Å². The number of hydrogen-bond donors (Lipinski definition) is 1. The number of anilines is 1. The van der Waals surface area contributed by atoms with Crippen LogP contribution < -0.4 is 4.72 Å². The Morgan fingerprint density at radius 1 is 1.00 bits per heavy atom. The molecule has 0 aliphatic heterocycles. The molecule has 0 fully saturated rings. The van der Waals surface area contributed by atoms with Crippen molar-refractivity contribution in [1.29, 1.82) is 0 Å². The van der Waals surface area contributed by atoms with Gasteiger partial charge in [-0.1, -0.05) is 18.2 Å². The highest BCUT2D eigenvalue weighted by Gasteiger charge is 2.14. The van der Waals surface area contributed by atoms with E-state index in [4.69, 9.17) is 0 Å². The van der Waals surface area contributed by atoms with E-state index >= 15 is 0 Å². The molecule has 4 aromatic rings. The third kappa shape index (κ3) is 3.70. The maximum absolute atomic E-state index is 12.6. The summed E-state index contributed by atoms with van der Waals surface area (Å²) in [7, 11) is -3.64. The molecule has 27 heavy (non-hydrogen) atoms. The average Bonchev–Trinajstić information content (AvgIpc) is 3.08.